The van der Waals surface area contributed by atoms with Gasteiger partial charge in [0.25, 0.3) is 15.9 Å². The van der Waals surface area contributed by atoms with E-state index in [0.717, 1.165) is 12.3 Å². The maximum atomic E-state index is 13.5. The van der Waals surface area contributed by atoms with E-state index in [4.69, 9.17) is 4.74 Å². The van der Waals surface area contributed by atoms with Crippen LogP contribution in [0.4, 0.5) is 22.0 Å². The van der Waals surface area contributed by atoms with Crippen molar-refractivity contribution in [1.29, 1.82) is 0 Å². The van der Waals surface area contributed by atoms with Crippen molar-refractivity contribution in [3.63, 3.8) is 0 Å². The van der Waals surface area contributed by atoms with E-state index in [1.165, 1.54) is 17.9 Å². The van der Waals surface area contributed by atoms with Crippen molar-refractivity contribution in [3.8, 4) is 5.88 Å². The Kier molecular flexibility index (Phi) is 5.16. The van der Waals surface area contributed by atoms with E-state index in [9.17, 15) is 35.2 Å². The van der Waals surface area contributed by atoms with Gasteiger partial charge in [-0.05, 0) is 18.2 Å². The van der Waals surface area contributed by atoms with Gasteiger partial charge in [0.1, 0.15) is 22.1 Å². The lowest BCUT2D eigenvalue weighted by Crippen LogP contribution is -2.31. The van der Waals surface area contributed by atoms with Gasteiger partial charge in [0.2, 0.25) is 5.88 Å². The Balaban J connectivity index is 2.32. The number of halogens is 5. The number of amides is 1. The van der Waals surface area contributed by atoms with Gasteiger partial charge in [-0.3, -0.25) is 4.79 Å². The lowest BCUT2D eigenvalue weighted by atomic mass is 10.1. The van der Waals surface area contributed by atoms with Crippen molar-refractivity contribution in [2.24, 2.45) is 0 Å². The maximum absolute atomic E-state index is 13.5. The van der Waals surface area contributed by atoms with E-state index < -0.39 is 49.8 Å². The fraction of sp³-hybridized carbons (Fsp3) is 0.143. The molecule has 1 aromatic heterocycles. The molecule has 0 bridgehead atoms. The molecule has 1 amide bonds. The Labute approximate surface area is 143 Å². The van der Waals surface area contributed by atoms with E-state index in [-0.39, 0.29) is 18.0 Å². The zero-order valence-corrected chi connectivity index (χ0v) is 13.6. The average molecular weight is 396 g/mol. The molecule has 6 nitrogen and oxygen atoms in total. The fourth-order valence-corrected chi connectivity index (χ4v) is 2.78. The molecule has 0 aliphatic heterocycles. The third-order valence-corrected chi connectivity index (χ3v) is 4.36. The first-order valence-electron chi connectivity index (χ1n) is 6.59. The molecule has 0 fully saturated rings. The van der Waals surface area contributed by atoms with Crippen LogP contribution < -0.4 is 9.46 Å². The molecule has 2 aromatic rings. The van der Waals surface area contributed by atoms with Crippen LogP contribution in [0.15, 0.2) is 35.4 Å². The summed E-state index contributed by atoms with van der Waals surface area (Å²) in [7, 11) is -3.20. The van der Waals surface area contributed by atoms with Gasteiger partial charge >= 0.3 is 6.18 Å². The summed E-state index contributed by atoms with van der Waals surface area (Å²) in [4.78, 5) is 15.0. The average Bonchev–Trinajstić information content (AvgIpc) is 2.52. The first kappa shape index (κ1) is 19.6. The predicted molar refractivity (Wildman–Crippen MR) is 76.8 cm³/mol. The van der Waals surface area contributed by atoms with Crippen LogP contribution in [0.5, 0.6) is 5.88 Å². The molecule has 140 valence electrons. The quantitative estimate of drug-likeness (QED) is 0.803. The van der Waals surface area contributed by atoms with Gasteiger partial charge in [-0.25, -0.2) is 26.9 Å². The van der Waals surface area contributed by atoms with Gasteiger partial charge in [0, 0.05) is 11.6 Å². The number of hydrogen-bond acceptors (Lipinski definition) is 5. The molecule has 0 saturated carbocycles. The number of nitrogens with one attached hydrogen (secondary N) is 1. The van der Waals surface area contributed by atoms with E-state index in [2.05, 4.69) is 4.98 Å². The Hall–Kier alpha value is -2.76. The van der Waals surface area contributed by atoms with Crippen molar-refractivity contribution in [3.05, 3.63) is 53.2 Å². The summed E-state index contributed by atoms with van der Waals surface area (Å²) in [5.74, 6) is -5.54. The summed E-state index contributed by atoms with van der Waals surface area (Å²) in [6, 6.07) is 2.39. The summed E-state index contributed by atoms with van der Waals surface area (Å²) in [5, 5.41) is 0. The first-order chi connectivity index (χ1) is 12.0. The van der Waals surface area contributed by atoms with Crippen LogP contribution in [0.3, 0.4) is 0 Å². The molecule has 0 saturated heterocycles. The fourth-order valence-electron chi connectivity index (χ4n) is 1.86. The summed E-state index contributed by atoms with van der Waals surface area (Å²) < 4.78 is 94.8. The minimum absolute atomic E-state index is 0.0853. The SMILES string of the molecule is COc1ccc(S(=O)(=O)NC(=O)c2cc(F)c(C(F)(F)F)c(F)c2)cn1. The number of nitrogens with zero attached hydrogens (tertiary/aromatic N) is 1. The predicted octanol–water partition coefficient (Wildman–Crippen LogP) is 2.51. The van der Waals surface area contributed by atoms with E-state index >= 15 is 0 Å². The number of carbonyl (C=O) groups is 1. The number of sulfonamides is 1. The Morgan fingerprint density at radius 2 is 1.73 bits per heavy atom. The summed E-state index contributed by atoms with van der Waals surface area (Å²) in [6.45, 7) is 0. The van der Waals surface area contributed by atoms with Gasteiger partial charge in [0.05, 0.1) is 13.3 Å². The van der Waals surface area contributed by atoms with Crippen molar-refractivity contribution in [2.75, 3.05) is 7.11 Å². The van der Waals surface area contributed by atoms with Crippen molar-refractivity contribution in [1.82, 2.24) is 9.71 Å². The first-order valence-corrected chi connectivity index (χ1v) is 8.07. The van der Waals surface area contributed by atoms with Crippen LogP contribution >= 0.6 is 0 Å². The number of carbonyl (C=O) groups excluding carboxylic acids is 1. The molecule has 0 aliphatic rings. The molecule has 0 unspecified atom stereocenters. The molecule has 1 N–H and O–H groups in total. The molecule has 1 aromatic carbocycles. The number of aromatic nitrogens is 1. The monoisotopic (exact) mass is 396 g/mol. The van der Waals surface area contributed by atoms with Crippen molar-refractivity contribution in [2.45, 2.75) is 11.1 Å². The minimum atomic E-state index is -5.32. The molecule has 26 heavy (non-hydrogen) atoms. The topological polar surface area (TPSA) is 85.4 Å². The van der Waals surface area contributed by atoms with Crippen molar-refractivity contribution < 1.29 is 39.9 Å². The second kappa shape index (κ2) is 6.86. The lowest BCUT2D eigenvalue weighted by molar-refractivity contribution is -0.142. The summed E-state index contributed by atoms with van der Waals surface area (Å²) in [5.41, 5.74) is -3.13. The van der Waals surface area contributed by atoms with Crippen molar-refractivity contribution >= 4 is 15.9 Å². The normalized spacial score (nSPS) is 11.9. The smallest absolute Gasteiger partial charge is 0.422 e. The number of hydrogen-bond donors (Lipinski definition) is 1. The highest BCUT2D eigenvalue weighted by atomic mass is 32.2. The molecular weight excluding hydrogens is 387 g/mol. The van der Waals surface area contributed by atoms with E-state index in [1.54, 1.807) is 0 Å². The van der Waals surface area contributed by atoms with Gasteiger partial charge in [-0.15, -0.1) is 0 Å². The molecular formula is C14H9F5N2O4S. The molecule has 0 radical (unpaired) electrons. The highest BCUT2D eigenvalue weighted by molar-refractivity contribution is 7.90. The standard InChI is InChI=1S/C14H9F5N2O4S/c1-25-11-3-2-8(6-20-11)26(23,24)21-13(22)7-4-9(15)12(10(16)5-7)14(17,18)19/h2-6H,1H3,(H,21,22). The molecule has 12 heteroatoms. The molecule has 1 heterocycles. The number of benzene rings is 1. The van der Waals surface area contributed by atoms with Crippen LogP contribution in [0.25, 0.3) is 0 Å². The Morgan fingerprint density at radius 1 is 1.15 bits per heavy atom. The highest BCUT2D eigenvalue weighted by Crippen LogP contribution is 2.34. The van der Waals surface area contributed by atoms with E-state index in [0.29, 0.717) is 0 Å². The van der Waals surface area contributed by atoms with Gasteiger partial charge in [-0.1, -0.05) is 0 Å². The van der Waals surface area contributed by atoms with Gasteiger partial charge in [0.15, 0.2) is 0 Å². The molecule has 0 aliphatic carbocycles. The van der Waals surface area contributed by atoms with Gasteiger partial charge in [-0.2, -0.15) is 13.2 Å². The van der Waals surface area contributed by atoms with Gasteiger partial charge < -0.3 is 4.74 Å². The van der Waals surface area contributed by atoms with Crippen LogP contribution in [-0.4, -0.2) is 26.4 Å². The maximum Gasteiger partial charge on any atom is 0.422 e. The number of alkyl halides is 3. The van der Waals surface area contributed by atoms with E-state index in [1.807, 2.05) is 0 Å². The lowest BCUT2D eigenvalue weighted by Gasteiger charge is -2.11. The third kappa shape index (κ3) is 4.07. The summed E-state index contributed by atoms with van der Waals surface area (Å²) in [6.07, 6.45) is -4.47. The Bertz CT molecular complexity index is 920. The Morgan fingerprint density at radius 3 is 2.15 bits per heavy atom. The minimum Gasteiger partial charge on any atom is -0.481 e. The second-order valence-corrected chi connectivity index (χ2v) is 6.47. The summed E-state index contributed by atoms with van der Waals surface area (Å²) >= 11 is 0. The van der Waals surface area contributed by atoms with Crippen LogP contribution in [0.1, 0.15) is 15.9 Å². The molecule has 2 rings (SSSR count). The number of methoxy groups -OCH3 is 1. The van der Waals surface area contributed by atoms with Crippen LogP contribution in [0.2, 0.25) is 0 Å². The van der Waals surface area contributed by atoms with Crippen LogP contribution in [0, 0.1) is 11.6 Å². The largest absolute Gasteiger partial charge is 0.481 e. The van der Waals surface area contributed by atoms with Crippen LogP contribution in [-0.2, 0) is 16.2 Å². The third-order valence-electron chi connectivity index (χ3n) is 3.04. The zero-order valence-electron chi connectivity index (χ0n) is 12.8. The number of rotatable bonds is 4. The zero-order chi connectivity index (χ0) is 19.7. The molecule has 0 atom stereocenters. The second-order valence-electron chi connectivity index (χ2n) is 4.78. The number of pyridine rings is 1. The molecule has 0 spiro atoms. The number of ether oxygens (including phenoxy) is 1. The highest BCUT2D eigenvalue weighted by Gasteiger charge is 2.38.